The summed E-state index contributed by atoms with van der Waals surface area (Å²) in [6.45, 7) is 0. The summed E-state index contributed by atoms with van der Waals surface area (Å²) in [5, 5.41) is 16.5. The highest BCUT2D eigenvalue weighted by Crippen LogP contribution is 2.34. The summed E-state index contributed by atoms with van der Waals surface area (Å²) >= 11 is 3.24. The normalized spacial score (nSPS) is 11.5. The van der Waals surface area contributed by atoms with E-state index in [1.165, 1.54) is 19.4 Å². The molecule has 3 rings (SSSR count). The van der Waals surface area contributed by atoms with E-state index in [1.807, 2.05) is 36.4 Å². The Labute approximate surface area is 205 Å². The van der Waals surface area contributed by atoms with Crippen molar-refractivity contribution in [3.63, 3.8) is 0 Å². The number of halogens is 1. The zero-order chi connectivity index (χ0) is 24.3. The van der Waals surface area contributed by atoms with Crippen molar-refractivity contribution < 1.29 is 19.4 Å². The van der Waals surface area contributed by atoms with Crippen molar-refractivity contribution in [1.82, 2.24) is 10.7 Å². The molecule has 0 atom stereocenters. The molecule has 0 bridgehead atoms. The molecule has 0 heterocycles. The summed E-state index contributed by atoms with van der Waals surface area (Å²) in [6, 6.07) is 21.3. The molecule has 0 aliphatic rings. The van der Waals surface area contributed by atoms with Gasteiger partial charge in [-0.3, -0.25) is 9.59 Å². The van der Waals surface area contributed by atoms with Crippen molar-refractivity contribution >= 4 is 40.0 Å². The second kappa shape index (κ2) is 12.2. The van der Waals surface area contributed by atoms with E-state index < -0.39 is 11.8 Å². The van der Waals surface area contributed by atoms with Gasteiger partial charge in [0.2, 0.25) is 0 Å². The van der Waals surface area contributed by atoms with Gasteiger partial charge in [-0.1, -0.05) is 60.7 Å². The highest BCUT2D eigenvalue weighted by Gasteiger charge is 2.13. The standard InChI is InChI=1S/C26H22BrN3O4/c1-34-23-16-19(15-21(27)24(23)31)17-28-30-26(33)22(14-8-11-18-9-4-2-5-10-18)29-25(32)20-12-6-3-7-13-20/h2-17,31H,1H3,(H,29,32)(H,30,33)/b11-8+,22-14-,28-17+. The number of nitrogens with zero attached hydrogens (tertiary/aromatic N) is 1. The molecule has 0 spiro atoms. The highest BCUT2D eigenvalue weighted by atomic mass is 79.9. The number of amides is 2. The van der Waals surface area contributed by atoms with Crippen LogP contribution in [0.3, 0.4) is 0 Å². The van der Waals surface area contributed by atoms with E-state index in [4.69, 9.17) is 4.74 Å². The van der Waals surface area contributed by atoms with Crippen LogP contribution < -0.4 is 15.5 Å². The summed E-state index contributed by atoms with van der Waals surface area (Å²) in [5.41, 5.74) is 4.35. The molecule has 0 saturated heterocycles. The van der Waals surface area contributed by atoms with Gasteiger partial charge in [-0.2, -0.15) is 5.10 Å². The van der Waals surface area contributed by atoms with Crippen LogP contribution in [0.5, 0.6) is 11.5 Å². The average Bonchev–Trinajstić information content (AvgIpc) is 2.86. The molecule has 0 radical (unpaired) electrons. The lowest BCUT2D eigenvalue weighted by Crippen LogP contribution is -2.32. The molecule has 7 nitrogen and oxygen atoms in total. The number of ether oxygens (including phenoxy) is 1. The van der Waals surface area contributed by atoms with Crippen LogP contribution in [-0.2, 0) is 4.79 Å². The molecule has 0 fully saturated rings. The second-order valence-corrected chi connectivity index (χ2v) is 7.78. The fraction of sp³-hybridized carbons (Fsp3) is 0.0385. The second-order valence-electron chi connectivity index (χ2n) is 6.92. The first-order chi connectivity index (χ1) is 16.5. The van der Waals surface area contributed by atoms with Crippen LogP contribution in [0.2, 0.25) is 0 Å². The molecule has 8 heteroatoms. The molecular weight excluding hydrogens is 498 g/mol. The molecule has 0 unspecified atom stereocenters. The zero-order valence-corrected chi connectivity index (χ0v) is 19.8. The first-order valence-electron chi connectivity index (χ1n) is 10.2. The van der Waals surface area contributed by atoms with E-state index in [-0.39, 0.29) is 17.2 Å². The van der Waals surface area contributed by atoms with E-state index in [9.17, 15) is 14.7 Å². The molecule has 2 amide bonds. The van der Waals surface area contributed by atoms with Crippen molar-refractivity contribution in [3.8, 4) is 11.5 Å². The van der Waals surface area contributed by atoms with Crippen molar-refractivity contribution in [2.24, 2.45) is 5.10 Å². The SMILES string of the molecule is COc1cc(/C=N/NC(=O)/C(=C/C=C/c2ccccc2)NC(=O)c2ccccc2)cc(Br)c1O. The Morgan fingerprint density at radius 2 is 1.68 bits per heavy atom. The van der Waals surface area contributed by atoms with Gasteiger partial charge in [0, 0.05) is 5.56 Å². The molecule has 3 aromatic rings. The predicted octanol–water partition coefficient (Wildman–Crippen LogP) is 4.64. The van der Waals surface area contributed by atoms with Crippen molar-refractivity contribution in [1.29, 1.82) is 0 Å². The lowest BCUT2D eigenvalue weighted by atomic mass is 10.2. The Balaban J connectivity index is 1.77. The third-order valence-corrected chi connectivity index (χ3v) is 5.13. The van der Waals surface area contributed by atoms with E-state index in [0.29, 0.717) is 15.6 Å². The predicted molar refractivity (Wildman–Crippen MR) is 136 cm³/mol. The van der Waals surface area contributed by atoms with Gasteiger partial charge in [0.25, 0.3) is 11.8 Å². The number of nitrogens with one attached hydrogen (secondary N) is 2. The maximum atomic E-state index is 12.8. The molecule has 172 valence electrons. The van der Waals surface area contributed by atoms with Gasteiger partial charge >= 0.3 is 0 Å². The number of hydrogen-bond donors (Lipinski definition) is 3. The number of rotatable bonds is 8. The van der Waals surface area contributed by atoms with Gasteiger partial charge in [-0.15, -0.1) is 0 Å². The zero-order valence-electron chi connectivity index (χ0n) is 18.2. The number of allylic oxidation sites excluding steroid dienone is 2. The summed E-state index contributed by atoms with van der Waals surface area (Å²) in [7, 11) is 1.43. The van der Waals surface area contributed by atoms with Crippen LogP contribution in [-0.4, -0.2) is 30.2 Å². The molecule has 3 N–H and O–H groups in total. The van der Waals surface area contributed by atoms with Crippen LogP contribution >= 0.6 is 15.9 Å². The van der Waals surface area contributed by atoms with E-state index in [0.717, 1.165) is 5.56 Å². The minimum Gasteiger partial charge on any atom is -0.503 e. The first-order valence-corrected chi connectivity index (χ1v) is 11.0. The van der Waals surface area contributed by atoms with Gasteiger partial charge in [0.1, 0.15) is 5.70 Å². The number of aromatic hydroxyl groups is 1. The third kappa shape index (κ3) is 6.91. The quantitative estimate of drug-likeness (QED) is 0.174. The van der Waals surface area contributed by atoms with E-state index >= 15 is 0 Å². The number of phenolic OH excluding ortho intramolecular Hbond substituents is 1. The topological polar surface area (TPSA) is 100 Å². The summed E-state index contributed by atoms with van der Waals surface area (Å²) in [6.07, 6.45) is 6.37. The molecule has 0 aromatic heterocycles. The van der Waals surface area contributed by atoms with Gasteiger partial charge < -0.3 is 15.2 Å². The largest absolute Gasteiger partial charge is 0.503 e. The number of carbonyl (C=O) groups excluding carboxylic acids is 2. The van der Waals surface area contributed by atoms with Crippen molar-refractivity contribution in [3.05, 3.63) is 112 Å². The van der Waals surface area contributed by atoms with Gasteiger partial charge in [-0.05, 0) is 57.4 Å². The minimum absolute atomic E-state index is 0.0163. The van der Waals surface area contributed by atoms with Crippen LogP contribution in [0.1, 0.15) is 21.5 Å². The molecule has 34 heavy (non-hydrogen) atoms. The smallest absolute Gasteiger partial charge is 0.287 e. The Morgan fingerprint density at radius 1 is 1.00 bits per heavy atom. The summed E-state index contributed by atoms with van der Waals surface area (Å²) < 4.78 is 5.52. The fourth-order valence-electron chi connectivity index (χ4n) is 2.83. The molecule has 0 aliphatic heterocycles. The maximum absolute atomic E-state index is 12.8. The van der Waals surface area contributed by atoms with Crippen molar-refractivity contribution in [2.45, 2.75) is 0 Å². The third-order valence-electron chi connectivity index (χ3n) is 4.53. The number of benzene rings is 3. The number of hydrazone groups is 1. The Kier molecular flexibility index (Phi) is 8.76. The van der Waals surface area contributed by atoms with Gasteiger partial charge in [0.15, 0.2) is 11.5 Å². The first kappa shape index (κ1) is 24.5. The lowest BCUT2D eigenvalue weighted by Gasteiger charge is -2.08. The lowest BCUT2D eigenvalue weighted by molar-refractivity contribution is -0.117. The average molecular weight is 520 g/mol. The highest BCUT2D eigenvalue weighted by molar-refractivity contribution is 9.10. The summed E-state index contributed by atoms with van der Waals surface area (Å²) in [4.78, 5) is 25.4. The monoisotopic (exact) mass is 519 g/mol. The Bertz CT molecular complexity index is 1240. The van der Waals surface area contributed by atoms with Crippen molar-refractivity contribution in [2.75, 3.05) is 7.11 Å². The van der Waals surface area contributed by atoms with Gasteiger partial charge in [0.05, 0.1) is 17.8 Å². The van der Waals surface area contributed by atoms with E-state index in [2.05, 4.69) is 31.8 Å². The number of hydrogen-bond acceptors (Lipinski definition) is 5. The number of phenols is 1. The summed E-state index contributed by atoms with van der Waals surface area (Å²) in [5.74, 6) is -0.819. The van der Waals surface area contributed by atoms with Crippen LogP contribution in [0.15, 0.2) is 100 Å². The maximum Gasteiger partial charge on any atom is 0.287 e. The number of carbonyl (C=O) groups is 2. The van der Waals surface area contributed by atoms with Crippen LogP contribution in [0.25, 0.3) is 6.08 Å². The molecule has 3 aromatic carbocycles. The molecular formula is C26H22BrN3O4. The number of methoxy groups -OCH3 is 1. The molecule has 0 saturated carbocycles. The van der Waals surface area contributed by atoms with Gasteiger partial charge in [-0.25, -0.2) is 5.43 Å². The minimum atomic E-state index is -0.608. The Hall–Kier alpha value is -4.17. The Morgan fingerprint density at radius 3 is 2.35 bits per heavy atom. The van der Waals surface area contributed by atoms with E-state index in [1.54, 1.807) is 48.5 Å². The van der Waals surface area contributed by atoms with Crippen LogP contribution in [0, 0.1) is 0 Å². The van der Waals surface area contributed by atoms with Crippen LogP contribution in [0.4, 0.5) is 0 Å². The molecule has 0 aliphatic carbocycles. The fourth-order valence-corrected chi connectivity index (χ4v) is 3.29.